The summed E-state index contributed by atoms with van der Waals surface area (Å²) in [6.45, 7) is 5.96. The molecular weight excluding hydrogens is 242 g/mol. The highest BCUT2D eigenvalue weighted by atomic mass is 32.2. The van der Waals surface area contributed by atoms with Crippen LogP contribution in [0.4, 0.5) is 0 Å². The van der Waals surface area contributed by atoms with E-state index >= 15 is 0 Å². The Hall–Kier alpha value is -1.50. The standard InChI is InChI=1S/C10H15N3O3S/c1-10(2,3)7-5-11-8(12-6-7)9(14)13-17(4,15)16/h5-6H,1-4H3,(H,13,14). The molecule has 0 saturated carbocycles. The van der Waals surface area contributed by atoms with E-state index in [-0.39, 0.29) is 11.2 Å². The molecule has 94 valence electrons. The minimum absolute atomic E-state index is 0.119. The molecule has 0 fully saturated rings. The van der Waals surface area contributed by atoms with Crippen LogP contribution in [0.5, 0.6) is 0 Å². The van der Waals surface area contributed by atoms with Crippen molar-refractivity contribution in [2.75, 3.05) is 6.26 Å². The van der Waals surface area contributed by atoms with Gasteiger partial charge in [0.05, 0.1) is 6.26 Å². The van der Waals surface area contributed by atoms with E-state index in [2.05, 4.69) is 9.97 Å². The highest BCUT2D eigenvalue weighted by molar-refractivity contribution is 7.89. The van der Waals surface area contributed by atoms with Gasteiger partial charge in [0.1, 0.15) is 0 Å². The van der Waals surface area contributed by atoms with E-state index in [0.29, 0.717) is 0 Å². The number of rotatable bonds is 2. The second-order valence-corrected chi connectivity index (χ2v) is 6.50. The van der Waals surface area contributed by atoms with Crippen molar-refractivity contribution in [1.82, 2.24) is 14.7 Å². The molecule has 1 rings (SSSR count). The predicted octanol–water partition coefficient (Wildman–Crippen LogP) is 0.463. The fraction of sp³-hybridized carbons (Fsp3) is 0.500. The van der Waals surface area contributed by atoms with E-state index < -0.39 is 15.9 Å². The summed E-state index contributed by atoms with van der Waals surface area (Å²) in [5, 5.41) is 0. The van der Waals surface area contributed by atoms with E-state index in [4.69, 9.17) is 0 Å². The van der Waals surface area contributed by atoms with Crippen LogP contribution in [0.1, 0.15) is 37.0 Å². The van der Waals surface area contributed by atoms with Crippen LogP contribution in [-0.2, 0) is 15.4 Å². The first-order valence-corrected chi connectivity index (χ1v) is 6.83. The van der Waals surface area contributed by atoms with Crippen LogP contribution in [0.2, 0.25) is 0 Å². The number of carbonyl (C=O) groups is 1. The average Bonchev–Trinajstić information content (AvgIpc) is 2.14. The lowest BCUT2D eigenvalue weighted by molar-refractivity contribution is 0.0971. The molecule has 1 aromatic heterocycles. The van der Waals surface area contributed by atoms with Crippen LogP contribution >= 0.6 is 0 Å². The van der Waals surface area contributed by atoms with E-state index in [1.807, 2.05) is 20.8 Å². The van der Waals surface area contributed by atoms with Gasteiger partial charge in [-0.3, -0.25) is 4.79 Å². The average molecular weight is 257 g/mol. The number of hydrogen-bond donors (Lipinski definition) is 1. The molecule has 1 N–H and O–H groups in total. The summed E-state index contributed by atoms with van der Waals surface area (Å²) in [6.07, 6.45) is 3.93. The van der Waals surface area contributed by atoms with Crippen LogP contribution in [0.3, 0.4) is 0 Å². The molecule has 7 heteroatoms. The molecule has 0 spiro atoms. The van der Waals surface area contributed by atoms with Gasteiger partial charge in [-0.15, -0.1) is 0 Å². The SMILES string of the molecule is CC(C)(C)c1cnc(C(=O)NS(C)(=O)=O)nc1. The third-order valence-corrected chi connectivity index (χ3v) is 2.56. The topological polar surface area (TPSA) is 89.0 Å². The van der Waals surface area contributed by atoms with Gasteiger partial charge in [-0.1, -0.05) is 20.8 Å². The number of aromatic nitrogens is 2. The normalized spacial score (nSPS) is 12.2. The maximum atomic E-state index is 11.4. The Kier molecular flexibility index (Phi) is 3.51. The molecule has 0 radical (unpaired) electrons. The maximum absolute atomic E-state index is 11.4. The maximum Gasteiger partial charge on any atom is 0.302 e. The van der Waals surface area contributed by atoms with Crippen molar-refractivity contribution in [2.45, 2.75) is 26.2 Å². The largest absolute Gasteiger partial charge is 0.302 e. The van der Waals surface area contributed by atoms with Crippen molar-refractivity contribution in [3.05, 3.63) is 23.8 Å². The first-order valence-electron chi connectivity index (χ1n) is 4.94. The molecular formula is C10H15N3O3S. The summed E-state index contributed by atoms with van der Waals surface area (Å²) in [4.78, 5) is 19.1. The van der Waals surface area contributed by atoms with Gasteiger partial charge >= 0.3 is 5.91 Å². The molecule has 0 aromatic carbocycles. The molecule has 0 bridgehead atoms. The summed E-state index contributed by atoms with van der Waals surface area (Å²) < 4.78 is 23.5. The Labute approximate surface area is 101 Å². The lowest BCUT2D eigenvalue weighted by atomic mass is 9.89. The fourth-order valence-corrected chi connectivity index (χ4v) is 1.47. The van der Waals surface area contributed by atoms with Gasteiger partial charge in [-0.25, -0.2) is 23.1 Å². The summed E-state index contributed by atoms with van der Waals surface area (Å²) in [7, 11) is -3.59. The summed E-state index contributed by atoms with van der Waals surface area (Å²) in [5.74, 6) is -0.989. The Balaban J connectivity index is 2.93. The van der Waals surface area contributed by atoms with E-state index in [1.165, 1.54) is 12.4 Å². The summed E-state index contributed by atoms with van der Waals surface area (Å²) in [5.41, 5.74) is 0.750. The minimum atomic E-state index is -3.59. The van der Waals surface area contributed by atoms with Gasteiger partial charge < -0.3 is 0 Å². The molecule has 0 saturated heterocycles. The zero-order valence-electron chi connectivity index (χ0n) is 10.2. The second kappa shape index (κ2) is 4.40. The minimum Gasteiger partial charge on any atom is -0.265 e. The highest BCUT2D eigenvalue weighted by Gasteiger charge is 2.17. The van der Waals surface area contributed by atoms with Crippen molar-refractivity contribution in [3.63, 3.8) is 0 Å². The number of sulfonamides is 1. The molecule has 0 aliphatic carbocycles. The highest BCUT2D eigenvalue weighted by Crippen LogP contribution is 2.19. The van der Waals surface area contributed by atoms with Gasteiger partial charge in [-0.05, 0) is 11.0 Å². The molecule has 6 nitrogen and oxygen atoms in total. The van der Waals surface area contributed by atoms with E-state index in [9.17, 15) is 13.2 Å². The van der Waals surface area contributed by atoms with Crippen molar-refractivity contribution in [3.8, 4) is 0 Å². The lowest BCUT2D eigenvalue weighted by Crippen LogP contribution is -2.31. The van der Waals surface area contributed by atoms with Crippen LogP contribution in [0.25, 0.3) is 0 Å². The summed E-state index contributed by atoms with van der Waals surface area (Å²) in [6, 6.07) is 0. The van der Waals surface area contributed by atoms with Gasteiger partial charge in [-0.2, -0.15) is 0 Å². The molecule has 1 aromatic rings. The zero-order chi connectivity index (χ0) is 13.3. The number of carbonyl (C=O) groups excluding carboxylic acids is 1. The summed E-state index contributed by atoms with van der Waals surface area (Å²) >= 11 is 0. The first-order chi connectivity index (χ1) is 7.59. The Bertz CT molecular complexity index is 515. The lowest BCUT2D eigenvalue weighted by Gasteiger charge is -2.17. The molecule has 0 atom stereocenters. The van der Waals surface area contributed by atoms with E-state index in [1.54, 1.807) is 4.72 Å². The predicted molar refractivity (Wildman–Crippen MR) is 63.0 cm³/mol. The molecule has 1 heterocycles. The van der Waals surface area contributed by atoms with E-state index in [0.717, 1.165) is 11.8 Å². The van der Waals surface area contributed by atoms with Crippen LogP contribution in [0.15, 0.2) is 12.4 Å². The first kappa shape index (κ1) is 13.6. The van der Waals surface area contributed by atoms with Crippen LogP contribution in [-0.4, -0.2) is 30.5 Å². The van der Waals surface area contributed by atoms with Crippen molar-refractivity contribution >= 4 is 15.9 Å². The monoisotopic (exact) mass is 257 g/mol. The number of hydrogen-bond acceptors (Lipinski definition) is 5. The van der Waals surface area contributed by atoms with Gasteiger partial charge in [0, 0.05) is 12.4 Å². The van der Waals surface area contributed by atoms with Crippen LogP contribution in [0, 0.1) is 0 Å². The fourth-order valence-electron chi connectivity index (χ4n) is 1.05. The van der Waals surface area contributed by atoms with Gasteiger partial charge in [0.25, 0.3) is 0 Å². The Morgan fingerprint density at radius 1 is 1.24 bits per heavy atom. The Morgan fingerprint density at radius 3 is 2.06 bits per heavy atom. The third kappa shape index (κ3) is 4.10. The van der Waals surface area contributed by atoms with Crippen LogP contribution < -0.4 is 4.72 Å². The zero-order valence-corrected chi connectivity index (χ0v) is 11.0. The molecule has 1 amide bonds. The van der Waals surface area contributed by atoms with Crippen molar-refractivity contribution in [2.24, 2.45) is 0 Å². The van der Waals surface area contributed by atoms with Gasteiger partial charge in [0.2, 0.25) is 15.8 Å². The smallest absolute Gasteiger partial charge is 0.265 e. The Morgan fingerprint density at radius 2 is 1.71 bits per heavy atom. The van der Waals surface area contributed by atoms with Gasteiger partial charge in [0.15, 0.2) is 0 Å². The molecule has 0 unspecified atom stereocenters. The molecule has 17 heavy (non-hydrogen) atoms. The number of nitrogens with one attached hydrogen (secondary N) is 1. The molecule has 0 aliphatic rings. The third-order valence-electron chi connectivity index (χ3n) is 2.00. The number of nitrogens with zero attached hydrogens (tertiary/aromatic N) is 2. The van der Waals surface area contributed by atoms with Crippen molar-refractivity contribution < 1.29 is 13.2 Å². The number of amides is 1. The van der Waals surface area contributed by atoms with Crippen molar-refractivity contribution in [1.29, 1.82) is 0 Å². The molecule has 0 aliphatic heterocycles. The quantitative estimate of drug-likeness (QED) is 0.831. The second-order valence-electron chi connectivity index (χ2n) is 4.75.